The van der Waals surface area contributed by atoms with Gasteiger partial charge in [-0.2, -0.15) is 0 Å². The minimum Gasteiger partial charge on any atom is -0.354 e. The van der Waals surface area contributed by atoms with Crippen LogP contribution in [0.1, 0.15) is 17.9 Å². The van der Waals surface area contributed by atoms with Crippen molar-refractivity contribution in [2.45, 2.75) is 12.3 Å². The van der Waals surface area contributed by atoms with Gasteiger partial charge in [-0.05, 0) is 41.3 Å². The van der Waals surface area contributed by atoms with Gasteiger partial charge in [0, 0.05) is 27.7 Å². The van der Waals surface area contributed by atoms with Gasteiger partial charge in [0.05, 0.1) is 0 Å². The number of para-hydroxylation sites is 1. The van der Waals surface area contributed by atoms with Crippen LogP contribution >= 0.6 is 0 Å². The molecular formula is C24H19N. The number of benzene rings is 3. The third kappa shape index (κ3) is 2.40. The zero-order valence-corrected chi connectivity index (χ0v) is 13.9. The lowest BCUT2D eigenvalue weighted by Gasteiger charge is -2.17. The van der Waals surface area contributed by atoms with E-state index in [4.69, 9.17) is 0 Å². The van der Waals surface area contributed by atoms with Gasteiger partial charge in [0.25, 0.3) is 0 Å². The summed E-state index contributed by atoms with van der Waals surface area (Å²) >= 11 is 0. The maximum atomic E-state index is 3.63. The molecule has 0 bridgehead atoms. The Bertz CT molecular complexity index is 1110. The summed E-state index contributed by atoms with van der Waals surface area (Å²) in [6, 6.07) is 23.9. The minimum absolute atomic E-state index is 0.426. The zero-order chi connectivity index (χ0) is 16.6. The van der Waals surface area contributed by atoms with E-state index >= 15 is 0 Å². The molecule has 0 aliphatic heterocycles. The summed E-state index contributed by atoms with van der Waals surface area (Å²) in [4.78, 5) is 3.63. The van der Waals surface area contributed by atoms with Crippen LogP contribution in [0.4, 0.5) is 0 Å². The van der Waals surface area contributed by atoms with Crippen LogP contribution in [0, 0.1) is 0 Å². The van der Waals surface area contributed by atoms with Crippen LogP contribution < -0.4 is 0 Å². The molecule has 1 N–H and O–H groups in total. The summed E-state index contributed by atoms with van der Waals surface area (Å²) in [5.74, 6) is 0.426. The van der Waals surface area contributed by atoms with Gasteiger partial charge < -0.3 is 4.98 Å². The van der Waals surface area contributed by atoms with Gasteiger partial charge in [-0.1, -0.05) is 72.8 Å². The van der Waals surface area contributed by atoms with Crippen LogP contribution in [0.15, 0.2) is 91.0 Å². The van der Waals surface area contributed by atoms with Crippen molar-refractivity contribution in [3.63, 3.8) is 0 Å². The number of hydrogen-bond acceptors (Lipinski definition) is 0. The average Bonchev–Trinajstić information content (AvgIpc) is 3.07. The highest BCUT2D eigenvalue weighted by molar-refractivity contribution is 6.10. The first-order chi connectivity index (χ1) is 12.4. The van der Waals surface area contributed by atoms with Crippen molar-refractivity contribution >= 4 is 21.8 Å². The maximum Gasteiger partial charge on any atom is 0.0474 e. The van der Waals surface area contributed by atoms with Crippen molar-refractivity contribution in [1.82, 2.24) is 4.98 Å². The van der Waals surface area contributed by atoms with Gasteiger partial charge in [-0.25, -0.2) is 0 Å². The highest BCUT2D eigenvalue weighted by Crippen LogP contribution is 2.38. The Balaban J connectivity index is 1.83. The summed E-state index contributed by atoms with van der Waals surface area (Å²) in [6.07, 6.45) is 9.96. The molecule has 120 valence electrons. The monoisotopic (exact) mass is 321 g/mol. The molecule has 3 aromatic carbocycles. The average molecular weight is 321 g/mol. The van der Waals surface area contributed by atoms with E-state index in [0.29, 0.717) is 5.92 Å². The van der Waals surface area contributed by atoms with Crippen molar-refractivity contribution in [1.29, 1.82) is 0 Å². The van der Waals surface area contributed by atoms with Crippen molar-refractivity contribution in [2.75, 3.05) is 0 Å². The first kappa shape index (κ1) is 14.3. The number of hydrogen-bond donors (Lipinski definition) is 1. The summed E-state index contributed by atoms with van der Waals surface area (Å²) in [6.45, 7) is 0. The SMILES string of the molecule is C1=CCC(c2cc(-c3ccccc3)cc3[nH]c4ccccc4c23)C=C1. The van der Waals surface area contributed by atoms with E-state index in [1.165, 1.54) is 38.5 Å². The van der Waals surface area contributed by atoms with E-state index < -0.39 is 0 Å². The van der Waals surface area contributed by atoms with E-state index in [0.717, 1.165) is 6.42 Å². The van der Waals surface area contributed by atoms with Gasteiger partial charge >= 0.3 is 0 Å². The van der Waals surface area contributed by atoms with Gasteiger partial charge in [0.1, 0.15) is 0 Å². The summed E-state index contributed by atoms with van der Waals surface area (Å²) in [5.41, 5.74) is 6.38. The number of rotatable bonds is 2. The molecule has 5 rings (SSSR count). The molecule has 0 saturated carbocycles. The van der Waals surface area contributed by atoms with E-state index in [1.54, 1.807) is 0 Å². The lowest BCUT2D eigenvalue weighted by atomic mass is 9.87. The maximum absolute atomic E-state index is 3.63. The largest absolute Gasteiger partial charge is 0.354 e. The number of aromatic nitrogens is 1. The zero-order valence-electron chi connectivity index (χ0n) is 13.9. The summed E-state index contributed by atoms with van der Waals surface area (Å²) in [7, 11) is 0. The van der Waals surface area contributed by atoms with Crippen molar-refractivity contribution in [2.24, 2.45) is 0 Å². The summed E-state index contributed by atoms with van der Waals surface area (Å²) in [5, 5.41) is 2.68. The van der Waals surface area contributed by atoms with Crippen molar-refractivity contribution < 1.29 is 0 Å². The third-order valence-corrected chi connectivity index (χ3v) is 5.12. The van der Waals surface area contributed by atoms with Crippen LogP contribution in [0.25, 0.3) is 32.9 Å². The van der Waals surface area contributed by atoms with Crippen LogP contribution in [0.5, 0.6) is 0 Å². The molecule has 0 spiro atoms. The lowest BCUT2D eigenvalue weighted by molar-refractivity contribution is 0.863. The predicted molar refractivity (Wildman–Crippen MR) is 107 cm³/mol. The normalized spacial score (nSPS) is 16.7. The van der Waals surface area contributed by atoms with Crippen molar-refractivity contribution in [3.05, 3.63) is 96.6 Å². The van der Waals surface area contributed by atoms with Gasteiger partial charge in [0.15, 0.2) is 0 Å². The standard InChI is InChI=1S/C24H19N/c1-3-9-17(10-4-1)19-15-21(18-11-5-2-6-12-18)24-20-13-7-8-14-22(20)25-23(24)16-19/h1-11,13-16,18,25H,12H2. The van der Waals surface area contributed by atoms with Gasteiger partial charge in [0.2, 0.25) is 0 Å². The quantitative estimate of drug-likeness (QED) is 0.429. The Morgan fingerprint density at radius 1 is 0.760 bits per heavy atom. The Morgan fingerprint density at radius 2 is 1.60 bits per heavy atom. The fourth-order valence-electron chi connectivity index (χ4n) is 3.92. The van der Waals surface area contributed by atoms with Crippen LogP contribution in [0.2, 0.25) is 0 Å². The van der Waals surface area contributed by atoms with E-state index in [9.17, 15) is 0 Å². The van der Waals surface area contributed by atoms with Crippen LogP contribution in [-0.2, 0) is 0 Å². The molecule has 0 saturated heterocycles. The third-order valence-electron chi connectivity index (χ3n) is 5.12. The smallest absolute Gasteiger partial charge is 0.0474 e. The Morgan fingerprint density at radius 3 is 2.44 bits per heavy atom. The number of aromatic amines is 1. The highest BCUT2D eigenvalue weighted by atomic mass is 14.7. The summed E-state index contributed by atoms with van der Waals surface area (Å²) < 4.78 is 0. The molecule has 1 aromatic heterocycles. The minimum atomic E-state index is 0.426. The molecule has 1 atom stereocenters. The fourth-order valence-corrected chi connectivity index (χ4v) is 3.92. The van der Waals surface area contributed by atoms with Crippen LogP contribution in [0.3, 0.4) is 0 Å². The number of allylic oxidation sites excluding steroid dienone is 4. The predicted octanol–water partition coefficient (Wildman–Crippen LogP) is 6.59. The highest BCUT2D eigenvalue weighted by Gasteiger charge is 2.17. The molecule has 1 nitrogen and oxygen atoms in total. The Kier molecular flexibility index (Phi) is 3.31. The van der Waals surface area contributed by atoms with Gasteiger partial charge in [-0.3, -0.25) is 0 Å². The molecule has 0 fully saturated rings. The second kappa shape index (κ2) is 5.78. The van der Waals surface area contributed by atoms with E-state index in [-0.39, 0.29) is 0 Å². The van der Waals surface area contributed by atoms with E-state index in [2.05, 4.69) is 96.0 Å². The molecular weight excluding hydrogens is 302 g/mol. The van der Waals surface area contributed by atoms with Crippen LogP contribution in [-0.4, -0.2) is 4.98 Å². The Labute approximate surface area is 147 Å². The van der Waals surface area contributed by atoms with E-state index in [1.807, 2.05) is 0 Å². The fraction of sp³-hybridized carbons (Fsp3) is 0.0833. The molecule has 1 heteroatoms. The molecule has 1 aliphatic rings. The number of H-pyrrole nitrogens is 1. The first-order valence-electron chi connectivity index (χ1n) is 8.83. The molecule has 4 aromatic rings. The molecule has 0 radical (unpaired) electrons. The van der Waals surface area contributed by atoms with Crippen molar-refractivity contribution in [3.8, 4) is 11.1 Å². The number of fused-ring (bicyclic) bond motifs is 3. The first-order valence-corrected chi connectivity index (χ1v) is 8.83. The second-order valence-electron chi connectivity index (χ2n) is 6.68. The molecule has 1 unspecified atom stereocenters. The Hall–Kier alpha value is -3.06. The lowest BCUT2D eigenvalue weighted by Crippen LogP contribution is -1.98. The van der Waals surface area contributed by atoms with Gasteiger partial charge in [-0.15, -0.1) is 0 Å². The molecule has 1 heterocycles. The topological polar surface area (TPSA) is 15.8 Å². The molecule has 25 heavy (non-hydrogen) atoms. The molecule has 0 amide bonds. The second-order valence-corrected chi connectivity index (χ2v) is 6.68. The molecule has 1 aliphatic carbocycles. The number of nitrogens with one attached hydrogen (secondary N) is 1.